The number of ketones is 1. The predicted octanol–water partition coefficient (Wildman–Crippen LogP) is 4.48. The summed E-state index contributed by atoms with van der Waals surface area (Å²) in [5.74, 6) is -0.973. The zero-order chi connectivity index (χ0) is 19.1. The monoisotopic (exact) mass is 400 g/mol. The van der Waals surface area contributed by atoms with Gasteiger partial charge in [0.2, 0.25) is 5.78 Å². The Bertz CT molecular complexity index is 1050. The minimum atomic E-state index is -0.839. The first-order valence-electron chi connectivity index (χ1n) is 8.01. The number of carbonyl (C=O) groups is 2. The molecule has 1 N–H and O–H groups in total. The Labute approximate surface area is 163 Å². The van der Waals surface area contributed by atoms with Gasteiger partial charge in [0, 0.05) is 11.1 Å². The molecule has 1 aliphatic heterocycles. The normalized spacial score (nSPS) is 17.0. The van der Waals surface area contributed by atoms with Crippen molar-refractivity contribution in [3.63, 3.8) is 0 Å². The SMILES string of the molecule is Cc1cc(N2C(=O)C(O)=C(C(=O)c3cccs3)[C@H]2c2ccc(Cl)cc2)no1. The number of hydrogen-bond donors (Lipinski definition) is 1. The number of rotatable bonds is 4. The highest BCUT2D eigenvalue weighted by Gasteiger charge is 2.45. The van der Waals surface area contributed by atoms with Crippen molar-refractivity contribution in [1.82, 2.24) is 5.16 Å². The fourth-order valence-electron chi connectivity index (χ4n) is 3.04. The first-order valence-corrected chi connectivity index (χ1v) is 9.27. The molecule has 4 rings (SSSR count). The van der Waals surface area contributed by atoms with E-state index in [-0.39, 0.29) is 11.4 Å². The topological polar surface area (TPSA) is 83.6 Å². The Balaban J connectivity index is 1.88. The predicted molar refractivity (Wildman–Crippen MR) is 101 cm³/mol. The van der Waals surface area contributed by atoms with E-state index in [0.29, 0.717) is 21.2 Å². The molecule has 0 saturated carbocycles. The Morgan fingerprint density at radius 2 is 2.04 bits per heavy atom. The molecule has 1 amide bonds. The quantitative estimate of drug-likeness (QED) is 0.653. The van der Waals surface area contributed by atoms with E-state index in [2.05, 4.69) is 5.16 Å². The van der Waals surface area contributed by atoms with Gasteiger partial charge in [0.25, 0.3) is 5.91 Å². The van der Waals surface area contributed by atoms with Crippen LogP contribution in [-0.2, 0) is 4.79 Å². The van der Waals surface area contributed by atoms with Crippen LogP contribution in [-0.4, -0.2) is 22.0 Å². The third kappa shape index (κ3) is 2.94. The number of hydrogen-bond acceptors (Lipinski definition) is 6. The summed E-state index contributed by atoms with van der Waals surface area (Å²) in [5.41, 5.74) is 0.628. The van der Waals surface area contributed by atoms with Crippen LogP contribution < -0.4 is 4.90 Å². The molecule has 136 valence electrons. The van der Waals surface area contributed by atoms with E-state index < -0.39 is 23.5 Å². The molecule has 0 unspecified atom stereocenters. The molecule has 1 atom stereocenters. The standard InChI is InChI=1S/C19H13ClN2O4S/c1-10-9-14(21-26-10)22-16(11-4-6-12(20)7-5-11)15(18(24)19(22)25)17(23)13-3-2-8-27-13/h2-9,16,24H,1H3/t16-/m1/s1. The van der Waals surface area contributed by atoms with E-state index in [9.17, 15) is 14.7 Å². The maximum absolute atomic E-state index is 13.0. The summed E-state index contributed by atoms with van der Waals surface area (Å²) in [4.78, 5) is 27.5. The number of halogens is 1. The number of anilines is 1. The lowest BCUT2D eigenvalue weighted by molar-refractivity contribution is -0.117. The lowest BCUT2D eigenvalue weighted by atomic mass is 9.95. The van der Waals surface area contributed by atoms with E-state index in [4.69, 9.17) is 16.1 Å². The Morgan fingerprint density at radius 3 is 2.63 bits per heavy atom. The van der Waals surface area contributed by atoms with Gasteiger partial charge in [-0.2, -0.15) is 0 Å². The van der Waals surface area contributed by atoms with Gasteiger partial charge in [-0.3, -0.25) is 14.5 Å². The number of aryl methyl sites for hydroxylation is 1. The third-order valence-electron chi connectivity index (χ3n) is 4.25. The van der Waals surface area contributed by atoms with Crippen LogP contribution in [0.4, 0.5) is 5.82 Å². The van der Waals surface area contributed by atoms with Gasteiger partial charge in [0.1, 0.15) is 5.76 Å². The summed E-state index contributed by atoms with van der Waals surface area (Å²) in [5, 5.41) is 16.7. The van der Waals surface area contributed by atoms with Gasteiger partial charge in [-0.1, -0.05) is 35.0 Å². The van der Waals surface area contributed by atoms with Crippen LogP contribution in [0.5, 0.6) is 0 Å². The van der Waals surface area contributed by atoms with E-state index in [1.807, 2.05) is 0 Å². The minimum Gasteiger partial charge on any atom is -0.503 e. The van der Waals surface area contributed by atoms with Crippen LogP contribution in [0.25, 0.3) is 0 Å². The molecule has 0 aliphatic carbocycles. The van der Waals surface area contributed by atoms with Gasteiger partial charge in [0.05, 0.1) is 16.5 Å². The summed E-state index contributed by atoms with van der Waals surface area (Å²) in [6, 6.07) is 10.9. The number of carbonyl (C=O) groups excluding carboxylic acids is 2. The number of aliphatic hydroxyl groups excluding tert-OH is 1. The number of amides is 1. The molecular weight excluding hydrogens is 388 g/mol. The number of nitrogens with zero attached hydrogens (tertiary/aromatic N) is 2. The Morgan fingerprint density at radius 1 is 1.30 bits per heavy atom. The Kier molecular flexibility index (Phi) is 4.33. The van der Waals surface area contributed by atoms with Gasteiger partial charge in [-0.15, -0.1) is 11.3 Å². The maximum Gasteiger partial charge on any atom is 0.295 e. The third-order valence-corrected chi connectivity index (χ3v) is 5.37. The zero-order valence-electron chi connectivity index (χ0n) is 14.0. The molecular formula is C19H13ClN2O4S. The first-order chi connectivity index (χ1) is 13.0. The Hall–Kier alpha value is -2.90. The molecule has 0 fully saturated rings. The number of benzene rings is 1. The molecule has 0 saturated heterocycles. The number of thiophene rings is 1. The van der Waals surface area contributed by atoms with Crippen molar-refractivity contribution in [2.24, 2.45) is 0 Å². The van der Waals surface area contributed by atoms with E-state index in [1.165, 1.54) is 16.2 Å². The van der Waals surface area contributed by atoms with Crippen molar-refractivity contribution >= 4 is 40.4 Å². The van der Waals surface area contributed by atoms with Crippen LogP contribution in [0.2, 0.25) is 5.02 Å². The fraction of sp³-hybridized carbons (Fsp3) is 0.105. The average Bonchev–Trinajstić information content (AvgIpc) is 3.37. The molecule has 6 nitrogen and oxygen atoms in total. The molecule has 3 aromatic rings. The molecule has 8 heteroatoms. The zero-order valence-corrected chi connectivity index (χ0v) is 15.6. The van der Waals surface area contributed by atoms with Gasteiger partial charge < -0.3 is 9.63 Å². The molecule has 0 radical (unpaired) electrons. The second kappa shape index (κ2) is 6.68. The van der Waals surface area contributed by atoms with Gasteiger partial charge in [-0.25, -0.2) is 0 Å². The number of aliphatic hydroxyl groups is 1. The van der Waals surface area contributed by atoms with E-state index >= 15 is 0 Å². The van der Waals surface area contributed by atoms with Crippen LogP contribution >= 0.6 is 22.9 Å². The van der Waals surface area contributed by atoms with E-state index in [0.717, 1.165) is 0 Å². The van der Waals surface area contributed by atoms with Gasteiger partial charge in [0.15, 0.2) is 11.6 Å². The summed E-state index contributed by atoms with van der Waals surface area (Å²) in [6.07, 6.45) is 0. The molecule has 3 heterocycles. The lowest BCUT2D eigenvalue weighted by Gasteiger charge is -2.24. The van der Waals surface area contributed by atoms with Crippen molar-refractivity contribution in [2.45, 2.75) is 13.0 Å². The van der Waals surface area contributed by atoms with Crippen LogP contribution in [0, 0.1) is 6.92 Å². The van der Waals surface area contributed by atoms with E-state index in [1.54, 1.807) is 54.8 Å². The van der Waals surface area contributed by atoms with Crippen molar-refractivity contribution in [2.75, 3.05) is 4.90 Å². The van der Waals surface area contributed by atoms with Crippen molar-refractivity contribution in [3.8, 4) is 0 Å². The average molecular weight is 401 g/mol. The maximum atomic E-state index is 13.0. The summed E-state index contributed by atoms with van der Waals surface area (Å²) in [6.45, 7) is 1.69. The highest BCUT2D eigenvalue weighted by Crippen LogP contribution is 2.42. The molecule has 1 aliphatic rings. The van der Waals surface area contributed by atoms with Crippen LogP contribution in [0.15, 0.2) is 63.7 Å². The molecule has 27 heavy (non-hydrogen) atoms. The fourth-order valence-corrected chi connectivity index (χ4v) is 3.85. The smallest absolute Gasteiger partial charge is 0.295 e. The van der Waals surface area contributed by atoms with Gasteiger partial charge in [-0.05, 0) is 36.1 Å². The first kappa shape index (κ1) is 17.5. The second-order valence-corrected chi connectivity index (χ2v) is 7.38. The number of aromatic nitrogens is 1. The van der Waals surface area contributed by atoms with Crippen molar-refractivity contribution < 1.29 is 19.2 Å². The molecule has 2 aromatic heterocycles. The van der Waals surface area contributed by atoms with Crippen molar-refractivity contribution in [1.29, 1.82) is 0 Å². The lowest BCUT2D eigenvalue weighted by Crippen LogP contribution is -2.31. The summed E-state index contributed by atoms with van der Waals surface area (Å²) >= 11 is 7.22. The minimum absolute atomic E-state index is 0.00502. The molecule has 0 bridgehead atoms. The summed E-state index contributed by atoms with van der Waals surface area (Å²) < 4.78 is 5.08. The second-order valence-electron chi connectivity index (χ2n) is 5.99. The number of Topliss-reactive ketones (excluding diaryl/α,β-unsaturated/α-hetero) is 1. The highest BCUT2D eigenvalue weighted by molar-refractivity contribution is 7.12. The molecule has 0 spiro atoms. The largest absolute Gasteiger partial charge is 0.503 e. The van der Waals surface area contributed by atoms with Crippen LogP contribution in [0.3, 0.4) is 0 Å². The highest BCUT2D eigenvalue weighted by atomic mass is 35.5. The molecule has 1 aromatic carbocycles. The van der Waals surface area contributed by atoms with Crippen LogP contribution in [0.1, 0.15) is 27.0 Å². The summed E-state index contributed by atoms with van der Waals surface area (Å²) in [7, 11) is 0. The van der Waals surface area contributed by atoms with Gasteiger partial charge >= 0.3 is 0 Å². The van der Waals surface area contributed by atoms with Crippen molar-refractivity contribution in [3.05, 3.63) is 80.4 Å².